The van der Waals surface area contributed by atoms with E-state index in [9.17, 15) is 9.18 Å². The molecule has 4 heterocycles. The smallest absolute Gasteiger partial charge is 0.257 e. The van der Waals surface area contributed by atoms with Crippen LogP contribution in [0.4, 0.5) is 16.2 Å². The first-order valence-corrected chi connectivity index (χ1v) is 10.4. The molecule has 2 N–H and O–H groups in total. The van der Waals surface area contributed by atoms with Gasteiger partial charge in [-0.1, -0.05) is 24.3 Å². The Bertz CT molecular complexity index is 1270. The van der Waals surface area contributed by atoms with Gasteiger partial charge in [-0.2, -0.15) is 4.98 Å². The number of carbonyl (C=O) groups is 1. The molecule has 4 aromatic rings. The van der Waals surface area contributed by atoms with Crippen LogP contribution in [0.2, 0.25) is 0 Å². The van der Waals surface area contributed by atoms with E-state index < -0.39 is 6.04 Å². The maximum atomic E-state index is 13.6. The number of rotatable bonds is 4. The number of hydrogen-bond acceptors (Lipinski definition) is 6. The van der Waals surface area contributed by atoms with Crippen LogP contribution in [0.1, 0.15) is 18.5 Å². The van der Waals surface area contributed by atoms with Crippen LogP contribution in [0.15, 0.2) is 77.4 Å². The third kappa shape index (κ3) is 3.59. The number of aromatic nitrogens is 4. The van der Waals surface area contributed by atoms with Gasteiger partial charge in [0.15, 0.2) is 5.82 Å². The molecule has 1 aromatic carbocycles. The van der Waals surface area contributed by atoms with E-state index in [2.05, 4.69) is 25.7 Å². The molecule has 9 heteroatoms. The predicted octanol–water partition coefficient (Wildman–Crippen LogP) is 4.47. The fourth-order valence-corrected chi connectivity index (χ4v) is 4.18. The number of amides is 1. The minimum atomic E-state index is -0.582. The first-order chi connectivity index (χ1) is 15.1. The molecule has 0 saturated heterocycles. The monoisotopic (exact) mass is 432 g/mol. The zero-order valence-electron chi connectivity index (χ0n) is 16.4. The van der Waals surface area contributed by atoms with Crippen LogP contribution in [0.5, 0.6) is 0 Å². The zero-order valence-corrected chi connectivity index (χ0v) is 17.2. The highest BCUT2D eigenvalue weighted by atomic mass is 32.1. The van der Waals surface area contributed by atoms with Crippen LogP contribution in [-0.4, -0.2) is 25.7 Å². The average Bonchev–Trinajstić information content (AvgIpc) is 3.44. The molecule has 1 unspecified atom stereocenters. The van der Waals surface area contributed by atoms with Crippen molar-refractivity contribution in [2.75, 3.05) is 10.6 Å². The molecular weight excluding hydrogens is 415 g/mol. The van der Waals surface area contributed by atoms with E-state index in [-0.39, 0.29) is 11.7 Å². The second-order valence-corrected chi connectivity index (χ2v) is 7.92. The molecule has 0 bridgehead atoms. The fourth-order valence-electron chi connectivity index (χ4n) is 3.53. The quantitative estimate of drug-likeness (QED) is 0.497. The normalized spacial score (nSPS) is 15.4. The Balaban J connectivity index is 1.60. The second-order valence-electron chi connectivity index (χ2n) is 6.97. The van der Waals surface area contributed by atoms with Gasteiger partial charge in [0.1, 0.15) is 17.7 Å². The standard InChI is InChI=1S/C22H17FN6OS/c1-13-18(21(30)26-17-6-2-3-11-24-17)19(14-7-9-15(23)10-8-14)29-22(25-13)27-20(28-29)16-5-4-12-31-16/h2-12,19H,1H3,(H,24,26,30)(H,25,27,28). The fraction of sp³-hybridized carbons (Fsp3) is 0.0909. The summed E-state index contributed by atoms with van der Waals surface area (Å²) >= 11 is 1.53. The van der Waals surface area contributed by atoms with Gasteiger partial charge < -0.3 is 10.6 Å². The Kier molecular flexibility index (Phi) is 4.79. The van der Waals surface area contributed by atoms with Crippen LogP contribution < -0.4 is 10.6 Å². The molecule has 0 radical (unpaired) electrons. The van der Waals surface area contributed by atoms with E-state index in [1.807, 2.05) is 24.4 Å². The van der Waals surface area contributed by atoms with E-state index in [0.717, 1.165) is 10.4 Å². The number of carbonyl (C=O) groups excluding carboxylic acids is 1. The molecule has 1 amide bonds. The molecule has 0 saturated carbocycles. The molecule has 31 heavy (non-hydrogen) atoms. The van der Waals surface area contributed by atoms with Gasteiger partial charge in [-0.15, -0.1) is 16.4 Å². The van der Waals surface area contributed by atoms with Crippen molar-refractivity contribution in [3.8, 4) is 10.7 Å². The third-order valence-electron chi connectivity index (χ3n) is 4.93. The summed E-state index contributed by atoms with van der Waals surface area (Å²) in [4.78, 5) is 23.0. The number of hydrogen-bond donors (Lipinski definition) is 2. The van der Waals surface area contributed by atoms with Crippen molar-refractivity contribution >= 4 is 29.0 Å². The van der Waals surface area contributed by atoms with Gasteiger partial charge in [0.2, 0.25) is 5.95 Å². The number of nitrogens with one attached hydrogen (secondary N) is 2. The molecule has 0 spiro atoms. The van der Waals surface area contributed by atoms with Crippen molar-refractivity contribution in [1.82, 2.24) is 19.7 Å². The SMILES string of the molecule is CC1=C(C(=O)Nc2ccccn2)C(c2ccc(F)cc2)n2nc(-c3cccs3)nc2N1. The van der Waals surface area contributed by atoms with Crippen LogP contribution in [0.3, 0.4) is 0 Å². The van der Waals surface area contributed by atoms with Crippen LogP contribution in [-0.2, 0) is 4.79 Å². The number of pyridine rings is 1. The summed E-state index contributed by atoms with van der Waals surface area (Å²) in [5, 5.41) is 12.7. The Labute approximate surface area is 181 Å². The molecular formula is C22H17FN6OS. The second kappa shape index (κ2) is 7.77. The third-order valence-corrected chi connectivity index (χ3v) is 5.80. The number of allylic oxidation sites excluding steroid dienone is 1. The Morgan fingerprint density at radius 2 is 2.00 bits per heavy atom. The number of anilines is 2. The molecule has 5 rings (SSSR count). The molecule has 0 fully saturated rings. The number of halogens is 1. The summed E-state index contributed by atoms with van der Waals surface area (Å²) in [6.45, 7) is 1.81. The summed E-state index contributed by atoms with van der Waals surface area (Å²) in [6, 6.07) is 14.6. The molecule has 154 valence electrons. The van der Waals surface area contributed by atoms with Crippen molar-refractivity contribution in [2.45, 2.75) is 13.0 Å². The summed E-state index contributed by atoms with van der Waals surface area (Å²) in [5.41, 5.74) is 1.81. The predicted molar refractivity (Wildman–Crippen MR) is 117 cm³/mol. The lowest BCUT2D eigenvalue weighted by Gasteiger charge is -2.28. The minimum Gasteiger partial charge on any atom is -0.328 e. The highest BCUT2D eigenvalue weighted by Crippen LogP contribution is 2.37. The average molecular weight is 432 g/mol. The lowest BCUT2D eigenvalue weighted by Crippen LogP contribution is -2.31. The Morgan fingerprint density at radius 3 is 2.71 bits per heavy atom. The molecule has 0 aliphatic carbocycles. The van der Waals surface area contributed by atoms with Gasteiger partial charge in [-0.3, -0.25) is 4.79 Å². The van der Waals surface area contributed by atoms with Gasteiger partial charge in [-0.25, -0.2) is 14.1 Å². The number of fused-ring (bicyclic) bond motifs is 1. The Hall–Kier alpha value is -3.85. The maximum absolute atomic E-state index is 13.6. The van der Waals surface area contributed by atoms with Crippen molar-refractivity contribution in [1.29, 1.82) is 0 Å². The van der Waals surface area contributed by atoms with Crippen LogP contribution in [0.25, 0.3) is 10.7 Å². The number of nitrogens with zero attached hydrogens (tertiary/aromatic N) is 4. The number of benzene rings is 1. The summed E-state index contributed by atoms with van der Waals surface area (Å²) < 4.78 is 15.3. The van der Waals surface area contributed by atoms with Gasteiger partial charge >= 0.3 is 0 Å². The van der Waals surface area contributed by atoms with Crippen molar-refractivity contribution < 1.29 is 9.18 Å². The van der Waals surface area contributed by atoms with Crippen molar-refractivity contribution in [2.24, 2.45) is 0 Å². The minimum absolute atomic E-state index is 0.322. The van der Waals surface area contributed by atoms with E-state index in [0.29, 0.717) is 28.9 Å². The maximum Gasteiger partial charge on any atom is 0.257 e. The van der Waals surface area contributed by atoms with E-state index >= 15 is 0 Å². The summed E-state index contributed by atoms with van der Waals surface area (Å²) in [6.07, 6.45) is 1.61. The molecule has 3 aromatic heterocycles. The highest BCUT2D eigenvalue weighted by Gasteiger charge is 2.34. The van der Waals surface area contributed by atoms with E-state index in [4.69, 9.17) is 0 Å². The van der Waals surface area contributed by atoms with E-state index in [1.54, 1.807) is 41.2 Å². The largest absolute Gasteiger partial charge is 0.328 e. The van der Waals surface area contributed by atoms with Crippen LogP contribution >= 0.6 is 11.3 Å². The summed E-state index contributed by atoms with van der Waals surface area (Å²) in [7, 11) is 0. The Morgan fingerprint density at radius 1 is 1.16 bits per heavy atom. The van der Waals surface area contributed by atoms with E-state index in [1.165, 1.54) is 23.5 Å². The van der Waals surface area contributed by atoms with Gasteiger partial charge in [-0.05, 0) is 48.2 Å². The molecule has 1 atom stereocenters. The van der Waals surface area contributed by atoms with Crippen molar-refractivity contribution in [3.05, 3.63) is 88.8 Å². The van der Waals surface area contributed by atoms with Gasteiger partial charge in [0.05, 0.1) is 10.5 Å². The first-order valence-electron chi connectivity index (χ1n) is 9.56. The molecule has 7 nitrogen and oxygen atoms in total. The first kappa shape index (κ1) is 19.1. The lowest BCUT2D eigenvalue weighted by atomic mass is 9.95. The topological polar surface area (TPSA) is 84.7 Å². The number of thiophene rings is 1. The summed E-state index contributed by atoms with van der Waals surface area (Å²) in [5.74, 6) is 0.843. The van der Waals surface area contributed by atoms with Crippen LogP contribution in [0, 0.1) is 5.82 Å². The van der Waals surface area contributed by atoms with Gasteiger partial charge in [0.25, 0.3) is 5.91 Å². The highest BCUT2D eigenvalue weighted by molar-refractivity contribution is 7.13. The van der Waals surface area contributed by atoms with Crippen molar-refractivity contribution in [3.63, 3.8) is 0 Å². The molecule has 1 aliphatic rings. The zero-order chi connectivity index (χ0) is 21.4. The molecule has 1 aliphatic heterocycles. The van der Waals surface area contributed by atoms with Gasteiger partial charge in [0, 0.05) is 11.9 Å². The lowest BCUT2D eigenvalue weighted by molar-refractivity contribution is -0.113.